The maximum atomic E-state index is 14.9. The topological polar surface area (TPSA) is 106 Å². The van der Waals surface area contributed by atoms with Crippen molar-refractivity contribution in [2.45, 2.75) is 37.5 Å². The summed E-state index contributed by atoms with van der Waals surface area (Å²) in [5.41, 5.74) is 1.08. The van der Waals surface area contributed by atoms with Crippen LogP contribution in [-0.4, -0.2) is 43.1 Å². The van der Waals surface area contributed by atoms with Gasteiger partial charge in [0, 0.05) is 37.4 Å². The van der Waals surface area contributed by atoms with Gasteiger partial charge in [0.25, 0.3) is 10.0 Å². The van der Waals surface area contributed by atoms with E-state index in [0.29, 0.717) is 65.6 Å². The number of nitrogens with one attached hydrogen (secondary N) is 2. The second kappa shape index (κ2) is 12.1. The third-order valence-corrected chi connectivity index (χ3v) is 9.06. The van der Waals surface area contributed by atoms with Crippen molar-refractivity contribution in [1.82, 2.24) is 15.0 Å². The summed E-state index contributed by atoms with van der Waals surface area (Å²) in [6.45, 7) is 6.05. The van der Waals surface area contributed by atoms with Gasteiger partial charge in [0.05, 0.1) is 27.0 Å². The number of anilines is 2. The molecule has 1 saturated heterocycles. The highest BCUT2D eigenvalue weighted by molar-refractivity contribution is 7.92. The van der Waals surface area contributed by atoms with Crippen LogP contribution in [0.25, 0.3) is 21.8 Å². The summed E-state index contributed by atoms with van der Waals surface area (Å²) < 4.78 is 76.2. The van der Waals surface area contributed by atoms with E-state index in [9.17, 15) is 21.6 Å². The van der Waals surface area contributed by atoms with Crippen LogP contribution in [-0.2, 0) is 14.8 Å². The fraction of sp³-hybridized carbons (Fsp3) is 0.321. The lowest BCUT2D eigenvalue weighted by atomic mass is 10.0. The second-order valence-electron chi connectivity index (χ2n) is 10.0. The molecule has 1 fully saturated rings. The number of halogens is 3. The Balaban J connectivity index is 1.56. The predicted molar refractivity (Wildman–Crippen MR) is 152 cm³/mol. The number of thiazole rings is 1. The maximum Gasteiger partial charge on any atom is 0.265 e. The van der Waals surface area contributed by atoms with Gasteiger partial charge in [-0.1, -0.05) is 13.8 Å². The van der Waals surface area contributed by atoms with E-state index in [2.05, 4.69) is 33.9 Å². The van der Waals surface area contributed by atoms with Crippen LogP contribution in [0.1, 0.15) is 37.6 Å². The molecule has 0 amide bonds. The van der Waals surface area contributed by atoms with E-state index in [-0.39, 0.29) is 5.92 Å². The van der Waals surface area contributed by atoms with Gasteiger partial charge in [-0.25, -0.2) is 36.5 Å². The molecule has 2 N–H and O–H groups in total. The molecule has 0 atom stereocenters. The molecule has 2 aromatic heterocycles. The van der Waals surface area contributed by atoms with Crippen LogP contribution in [0.15, 0.2) is 53.6 Å². The predicted octanol–water partition coefficient (Wildman–Crippen LogP) is 6.45. The Kier molecular flexibility index (Phi) is 8.57. The highest BCUT2D eigenvalue weighted by Gasteiger charge is 2.26. The molecule has 5 rings (SSSR count). The Morgan fingerprint density at radius 1 is 1.02 bits per heavy atom. The summed E-state index contributed by atoms with van der Waals surface area (Å²) in [5.74, 6) is -2.00. The summed E-state index contributed by atoms with van der Waals surface area (Å²) in [6.07, 6.45) is 3.23. The van der Waals surface area contributed by atoms with Crippen molar-refractivity contribution in [2.24, 2.45) is 5.92 Å². The number of sulfonamides is 1. The number of aromatic nitrogens is 3. The lowest BCUT2D eigenvalue weighted by molar-refractivity contribution is 0.0853. The van der Waals surface area contributed by atoms with E-state index in [0.717, 1.165) is 30.0 Å². The largest absolute Gasteiger partial charge is 0.381 e. The van der Waals surface area contributed by atoms with Gasteiger partial charge in [0.1, 0.15) is 22.3 Å². The Morgan fingerprint density at radius 3 is 2.54 bits per heavy atom. The summed E-state index contributed by atoms with van der Waals surface area (Å²) in [5, 5.41) is 4.07. The third-order valence-electron chi connectivity index (χ3n) is 6.44. The van der Waals surface area contributed by atoms with Crippen LogP contribution in [0, 0.1) is 23.4 Å². The van der Waals surface area contributed by atoms with Crippen LogP contribution < -0.4 is 10.0 Å². The summed E-state index contributed by atoms with van der Waals surface area (Å²) >= 11 is 1.46. The van der Waals surface area contributed by atoms with Crippen LogP contribution in [0.2, 0.25) is 0 Å². The fourth-order valence-electron chi connectivity index (χ4n) is 4.32. The molecular formula is C28H28F3N5O3S2. The molecule has 216 valence electrons. The van der Waals surface area contributed by atoms with Crippen molar-refractivity contribution in [3.63, 3.8) is 0 Å². The zero-order valence-electron chi connectivity index (χ0n) is 22.3. The molecule has 0 bridgehead atoms. The van der Waals surface area contributed by atoms with Gasteiger partial charge in [-0.15, -0.1) is 11.3 Å². The second-order valence-corrected chi connectivity index (χ2v) is 12.7. The van der Waals surface area contributed by atoms with E-state index in [1.165, 1.54) is 23.5 Å². The van der Waals surface area contributed by atoms with Crippen molar-refractivity contribution in [3.05, 3.63) is 71.1 Å². The number of nitrogens with zero attached hydrogens (tertiary/aromatic N) is 3. The highest BCUT2D eigenvalue weighted by Crippen LogP contribution is 2.41. The first kappa shape index (κ1) is 29.0. The van der Waals surface area contributed by atoms with Crippen LogP contribution in [0.3, 0.4) is 0 Å². The molecule has 0 aliphatic carbocycles. The fourth-order valence-corrected chi connectivity index (χ4v) is 6.70. The zero-order chi connectivity index (χ0) is 29.1. The number of ether oxygens (including phenoxy) is 1. The van der Waals surface area contributed by atoms with Crippen molar-refractivity contribution in [3.8, 4) is 21.8 Å². The zero-order valence-corrected chi connectivity index (χ0v) is 24.0. The molecule has 8 nitrogen and oxygen atoms in total. The van der Waals surface area contributed by atoms with Gasteiger partial charge in [-0.2, -0.15) is 0 Å². The molecule has 2 aromatic carbocycles. The van der Waals surface area contributed by atoms with Crippen LogP contribution in [0.4, 0.5) is 24.8 Å². The minimum Gasteiger partial charge on any atom is -0.381 e. The molecule has 41 heavy (non-hydrogen) atoms. The average Bonchev–Trinajstić information content (AvgIpc) is 3.40. The van der Waals surface area contributed by atoms with E-state index in [4.69, 9.17) is 9.72 Å². The summed E-state index contributed by atoms with van der Waals surface area (Å²) in [6, 6.07) is 7.66. The van der Waals surface area contributed by atoms with E-state index in [1.807, 2.05) is 0 Å². The Bertz CT molecular complexity index is 1660. The summed E-state index contributed by atoms with van der Waals surface area (Å²) in [7, 11) is -4.65. The molecule has 1 aliphatic heterocycles. The molecule has 4 aromatic rings. The number of benzene rings is 2. The van der Waals surface area contributed by atoms with Crippen molar-refractivity contribution < 1.29 is 26.3 Å². The van der Waals surface area contributed by atoms with E-state index >= 15 is 0 Å². The molecule has 13 heteroatoms. The smallest absolute Gasteiger partial charge is 0.265 e. The van der Waals surface area contributed by atoms with Gasteiger partial charge >= 0.3 is 0 Å². The molecular weight excluding hydrogens is 575 g/mol. The van der Waals surface area contributed by atoms with Gasteiger partial charge in [0.2, 0.25) is 5.95 Å². The van der Waals surface area contributed by atoms with E-state index in [1.54, 1.807) is 12.3 Å². The Morgan fingerprint density at radius 2 is 1.78 bits per heavy atom. The third kappa shape index (κ3) is 6.68. The standard InChI is InChI=1S/C28H28F3N5O3S2/c1-16(2)15-33-28-32-10-7-22(34-28)26-25(35-27(40-26)17-8-11-39-12-9-17)18-3-5-20(30)23(13-18)36-41(37,38)24-14-19(29)4-6-21(24)31/h3-7,10,13-14,16-17,36H,8-9,11-12,15H2,1-2H3,(H,32,33,34). The molecule has 0 unspecified atom stereocenters. The highest BCUT2D eigenvalue weighted by atomic mass is 32.2. The maximum absolute atomic E-state index is 14.9. The van der Waals surface area contributed by atoms with Gasteiger partial charge in [-0.3, -0.25) is 4.72 Å². The molecule has 3 heterocycles. The normalized spacial score (nSPS) is 14.4. The molecule has 0 radical (unpaired) electrons. The molecule has 1 aliphatic rings. The lowest BCUT2D eigenvalue weighted by Gasteiger charge is -2.19. The lowest BCUT2D eigenvalue weighted by Crippen LogP contribution is -2.16. The first-order valence-electron chi connectivity index (χ1n) is 13.0. The Hall–Kier alpha value is -3.55. The van der Waals surface area contributed by atoms with Crippen molar-refractivity contribution >= 4 is 33.0 Å². The molecule has 0 saturated carbocycles. The van der Waals surface area contributed by atoms with Gasteiger partial charge in [-0.05, 0) is 61.2 Å². The minimum absolute atomic E-state index is 0.163. The van der Waals surface area contributed by atoms with Crippen LogP contribution >= 0.6 is 11.3 Å². The van der Waals surface area contributed by atoms with Gasteiger partial charge < -0.3 is 10.1 Å². The first-order valence-corrected chi connectivity index (χ1v) is 15.3. The molecule has 0 spiro atoms. The monoisotopic (exact) mass is 603 g/mol. The van der Waals surface area contributed by atoms with E-state index < -0.39 is 38.1 Å². The van der Waals surface area contributed by atoms with Crippen LogP contribution in [0.5, 0.6) is 0 Å². The number of hydrogen-bond donors (Lipinski definition) is 2. The SMILES string of the molecule is CC(C)CNc1nccc(-c2sc(C3CCOCC3)nc2-c2ccc(F)c(NS(=O)(=O)c3cc(F)ccc3F)c2)n1. The first-order chi connectivity index (χ1) is 19.6. The van der Waals surface area contributed by atoms with Crippen molar-refractivity contribution in [2.75, 3.05) is 29.8 Å². The summed E-state index contributed by atoms with van der Waals surface area (Å²) in [4.78, 5) is 13.7. The quantitative estimate of drug-likeness (QED) is 0.227. The number of rotatable bonds is 9. The van der Waals surface area contributed by atoms with Crippen molar-refractivity contribution in [1.29, 1.82) is 0 Å². The minimum atomic E-state index is -4.65. The Labute approximate surface area is 240 Å². The van der Waals surface area contributed by atoms with Gasteiger partial charge in [0.15, 0.2) is 0 Å². The number of hydrogen-bond acceptors (Lipinski definition) is 8. The average molecular weight is 604 g/mol.